The van der Waals surface area contributed by atoms with E-state index in [9.17, 15) is 5.11 Å². The van der Waals surface area contributed by atoms with Gasteiger partial charge in [0.2, 0.25) is 0 Å². The van der Waals surface area contributed by atoms with Crippen LogP contribution in [0.3, 0.4) is 0 Å². The third kappa shape index (κ3) is 3.92. The standard InChI is InChI=1S/C18H23NO/c1-2-14-18(20,17-11-7-4-8-12-17)19-15-13-16-9-5-3-6-10-16/h3-12,19-20H,2,13-15H2,1H3/t18-/m1/s1. The Morgan fingerprint density at radius 2 is 1.55 bits per heavy atom. The lowest BCUT2D eigenvalue weighted by molar-refractivity contribution is -0.00833. The molecule has 0 aromatic heterocycles. The summed E-state index contributed by atoms with van der Waals surface area (Å²) in [5.41, 5.74) is 1.30. The fourth-order valence-corrected chi connectivity index (χ4v) is 2.47. The molecular weight excluding hydrogens is 246 g/mol. The molecule has 0 fully saturated rings. The summed E-state index contributed by atoms with van der Waals surface area (Å²) >= 11 is 0. The number of benzene rings is 2. The second kappa shape index (κ2) is 7.22. The zero-order valence-electron chi connectivity index (χ0n) is 12.0. The lowest BCUT2D eigenvalue weighted by Crippen LogP contribution is -2.43. The van der Waals surface area contributed by atoms with E-state index in [-0.39, 0.29) is 0 Å². The summed E-state index contributed by atoms with van der Waals surface area (Å²) < 4.78 is 0. The van der Waals surface area contributed by atoms with Crippen LogP contribution in [0, 0.1) is 0 Å². The van der Waals surface area contributed by atoms with Gasteiger partial charge in [-0.2, -0.15) is 0 Å². The molecule has 0 radical (unpaired) electrons. The van der Waals surface area contributed by atoms with Crippen LogP contribution in [-0.4, -0.2) is 11.7 Å². The van der Waals surface area contributed by atoms with E-state index in [0.29, 0.717) is 6.42 Å². The summed E-state index contributed by atoms with van der Waals surface area (Å²) in [7, 11) is 0. The minimum Gasteiger partial charge on any atom is -0.372 e. The topological polar surface area (TPSA) is 32.3 Å². The molecular formula is C18H23NO. The number of nitrogens with one attached hydrogen (secondary N) is 1. The van der Waals surface area contributed by atoms with Gasteiger partial charge in [-0.1, -0.05) is 74.0 Å². The van der Waals surface area contributed by atoms with E-state index >= 15 is 0 Å². The zero-order valence-corrected chi connectivity index (χ0v) is 12.0. The lowest BCUT2D eigenvalue weighted by Gasteiger charge is -2.30. The molecule has 2 N–H and O–H groups in total. The molecule has 0 saturated carbocycles. The average Bonchev–Trinajstić information content (AvgIpc) is 2.49. The number of hydrogen-bond donors (Lipinski definition) is 2. The molecule has 1 atom stereocenters. The van der Waals surface area contributed by atoms with Crippen molar-refractivity contribution in [2.45, 2.75) is 31.9 Å². The molecule has 0 saturated heterocycles. The minimum atomic E-state index is -0.926. The summed E-state index contributed by atoms with van der Waals surface area (Å²) in [6.07, 6.45) is 2.56. The van der Waals surface area contributed by atoms with Crippen molar-refractivity contribution in [1.29, 1.82) is 0 Å². The molecule has 2 heteroatoms. The summed E-state index contributed by atoms with van der Waals surface area (Å²) in [5.74, 6) is 0. The van der Waals surface area contributed by atoms with Crippen LogP contribution in [0.25, 0.3) is 0 Å². The lowest BCUT2D eigenvalue weighted by atomic mass is 9.97. The van der Waals surface area contributed by atoms with E-state index in [0.717, 1.165) is 24.9 Å². The minimum absolute atomic E-state index is 0.714. The van der Waals surface area contributed by atoms with Gasteiger partial charge in [-0.3, -0.25) is 5.32 Å². The molecule has 0 aliphatic heterocycles. The van der Waals surface area contributed by atoms with Crippen LogP contribution in [0.5, 0.6) is 0 Å². The van der Waals surface area contributed by atoms with Gasteiger partial charge in [0.15, 0.2) is 0 Å². The number of aliphatic hydroxyl groups is 1. The van der Waals surface area contributed by atoms with Crippen LogP contribution in [0.4, 0.5) is 0 Å². The molecule has 2 aromatic carbocycles. The predicted octanol–water partition coefficient (Wildman–Crippen LogP) is 3.46. The first kappa shape index (κ1) is 14.8. The van der Waals surface area contributed by atoms with Gasteiger partial charge >= 0.3 is 0 Å². The average molecular weight is 269 g/mol. The Morgan fingerprint density at radius 1 is 0.950 bits per heavy atom. The van der Waals surface area contributed by atoms with Gasteiger partial charge in [-0.05, 0) is 24.0 Å². The highest BCUT2D eigenvalue weighted by molar-refractivity contribution is 5.22. The molecule has 0 unspecified atom stereocenters. The molecule has 0 amide bonds. The van der Waals surface area contributed by atoms with Gasteiger partial charge in [-0.15, -0.1) is 0 Å². The predicted molar refractivity (Wildman–Crippen MR) is 83.4 cm³/mol. The number of hydrogen-bond acceptors (Lipinski definition) is 2. The number of rotatable bonds is 7. The van der Waals surface area contributed by atoms with Crippen molar-refractivity contribution in [3.05, 3.63) is 71.8 Å². The van der Waals surface area contributed by atoms with Gasteiger partial charge in [0.1, 0.15) is 5.72 Å². The first-order valence-electron chi connectivity index (χ1n) is 7.31. The second-order valence-electron chi connectivity index (χ2n) is 5.14. The molecule has 0 aliphatic carbocycles. The maximum atomic E-state index is 10.8. The van der Waals surface area contributed by atoms with Gasteiger partial charge in [0, 0.05) is 6.54 Å². The fourth-order valence-electron chi connectivity index (χ4n) is 2.47. The quantitative estimate of drug-likeness (QED) is 0.754. The third-order valence-electron chi connectivity index (χ3n) is 3.54. The van der Waals surface area contributed by atoms with Crippen molar-refractivity contribution in [3.63, 3.8) is 0 Å². The Bertz CT molecular complexity index is 497. The van der Waals surface area contributed by atoms with Crippen LogP contribution >= 0.6 is 0 Å². The highest BCUT2D eigenvalue weighted by atomic mass is 16.3. The molecule has 2 rings (SSSR count). The Hall–Kier alpha value is -1.64. The van der Waals surface area contributed by atoms with Crippen molar-refractivity contribution in [3.8, 4) is 0 Å². The molecule has 0 aliphatic rings. The summed E-state index contributed by atoms with van der Waals surface area (Å²) in [6, 6.07) is 20.2. The smallest absolute Gasteiger partial charge is 0.142 e. The van der Waals surface area contributed by atoms with Gasteiger partial charge in [0.25, 0.3) is 0 Å². The van der Waals surface area contributed by atoms with Crippen LogP contribution in [0.2, 0.25) is 0 Å². The molecule has 106 valence electrons. The largest absolute Gasteiger partial charge is 0.372 e. The molecule has 0 spiro atoms. The van der Waals surface area contributed by atoms with Crippen molar-refractivity contribution >= 4 is 0 Å². The Labute approximate surface area is 121 Å². The molecule has 0 bridgehead atoms. The highest BCUT2D eigenvalue weighted by Crippen LogP contribution is 2.23. The Balaban J connectivity index is 1.99. The Morgan fingerprint density at radius 3 is 2.15 bits per heavy atom. The van der Waals surface area contributed by atoms with Crippen LogP contribution < -0.4 is 5.32 Å². The molecule has 0 heterocycles. The van der Waals surface area contributed by atoms with E-state index in [1.165, 1.54) is 5.56 Å². The van der Waals surface area contributed by atoms with E-state index in [2.05, 4.69) is 24.4 Å². The maximum absolute atomic E-state index is 10.8. The second-order valence-corrected chi connectivity index (χ2v) is 5.14. The fraction of sp³-hybridized carbons (Fsp3) is 0.333. The summed E-state index contributed by atoms with van der Waals surface area (Å²) in [4.78, 5) is 0. The van der Waals surface area contributed by atoms with Crippen molar-refractivity contribution in [1.82, 2.24) is 5.32 Å². The molecule has 20 heavy (non-hydrogen) atoms. The van der Waals surface area contributed by atoms with E-state index < -0.39 is 5.72 Å². The van der Waals surface area contributed by atoms with Gasteiger partial charge < -0.3 is 5.11 Å². The first-order chi connectivity index (χ1) is 9.74. The van der Waals surface area contributed by atoms with Crippen LogP contribution in [0.15, 0.2) is 60.7 Å². The SMILES string of the molecule is CCC[C@](O)(NCCc1ccccc1)c1ccccc1. The van der Waals surface area contributed by atoms with E-state index in [1.54, 1.807) is 0 Å². The summed E-state index contributed by atoms with van der Waals surface area (Å²) in [5, 5.41) is 14.2. The highest BCUT2D eigenvalue weighted by Gasteiger charge is 2.26. The maximum Gasteiger partial charge on any atom is 0.142 e. The first-order valence-corrected chi connectivity index (χ1v) is 7.31. The van der Waals surface area contributed by atoms with E-state index in [1.807, 2.05) is 48.5 Å². The van der Waals surface area contributed by atoms with Crippen LogP contribution in [0.1, 0.15) is 30.9 Å². The van der Waals surface area contributed by atoms with Crippen molar-refractivity contribution < 1.29 is 5.11 Å². The van der Waals surface area contributed by atoms with Crippen molar-refractivity contribution in [2.24, 2.45) is 0 Å². The van der Waals surface area contributed by atoms with Crippen molar-refractivity contribution in [2.75, 3.05) is 6.54 Å². The van der Waals surface area contributed by atoms with Gasteiger partial charge in [-0.25, -0.2) is 0 Å². The summed E-state index contributed by atoms with van der Waals surface area (Å²) in [6.45, 7) is 2.85. The van der Waals surface area contributed by atoms with Gasteiger partial charge in [0.05, 0.1) is 0 Å². The van der Waals surface area contributed by atoms with E-state index in [4.69, 9.17) is 0 Å². The third-order valence-corrected chi connectivity index (χ3v) is 3.54. The molecule has 2 nitrogen and oxygen atoms in total. The molecule has 2 aromatic rings. The zero-order chi connectivity index (χ0) is 14.3. The monoisotopic (exact) mass is 269 g/mol. The normalized spacial score (nSPS) is 13.9. The van der Waals surface area contributed by atoms with Crippen LogP contribution in [-0.2, 0) is 12.1 Å². The Kier molecular flexibility index (Phi) is 5.33.